The van der Waals surface area contributed by atoms with E-state index in [0.717, 1.165) is 25.0 Å². The molecule has 21 heavy (non-hydrogen) atoms. The first kappa shape index (κ1) is 14.8. The number of carboxylic acids is 1. The zero-order valence-corrected chi connectivity index (χ0v) is 13.0. The summed E-state index contributed by atoms with van der Waals surface area (Å²) >= 11 is 1.93. The standard InChI is InChI=1S/C15H22N2O3S/c18-15(19)14-13(20-12-4-2-1-3-5-12)8-16-17(14)9-11-6-7-21-10-11/h8,11-12H,1-7,9-10H2,(H,18,19). The van der Waals surface area contributed by atoms with Crippen molar-refractivity contribution in [3.8, 4) is 5.75 Å². The van der Waals surface area contributed by atoms with Gasteiger partial charge >= 0.3 is 5.97 Å². The summed E-state index contributed by atoms with van der Waals surface area (Å²) in [4.78, 5) is 11.6. The van der Waals surface area contributed by atoms with Gasteiger partial charge in [-0.25, -0.2) is 4.79 Å². The number of thioether (sulfide) groups is 1. The Morgan fingerprint density at radius 2 is 2.19 bits per heavy atom. The maximum atomic E-state index is 11.6. The molecule has 6 heteroatoms. The van der Waals surface area contributed by atoms with Crippen LogP contribution in [0.15, 0.2) is 6.20 Å². The molecule has 0 amide bonds. The molecular weight excluding hydrogens is 288 g/mol. The molecular formula is C15H22N2O3S. The van der Waals surface area contributed by atoms with E-state index in [2.05, 4.69) is 5.10 Å². The smallest absolute Gasteiger partial charge is 0.358 e. The van der Waals surface area contributed by atoms with E-state index < -0.39 is 5.97 Å². The Balaban J connectivity index is 1.73. The molecule has 2 fully saturated rings. The number of nitrogens with zero attached hydrogens (tertiary/aromatic N) is 2. The van der Waals surface area contributed by atoms with Gasteiger partial charge in [-0.1, -0.05) is 6.42 Å². The molecule has 3 rings (SSSR count). The van der Waals surface area contributed by atoms with Crippen LogP contribution in [0.1, 0.15) is 49.0 Å². The summed E-state index contributed by atoms with van der Waals surface area (Å²) in [5, 5.41) is 13.8. The Hall–Kier alpha value is -1.17. The number of hydrogen-bond donors (Lipinski definition) is 1. The van der Waals surface area contributed by atoms with Crippen molar-refractivity contribution in [2.45, 2.75) is 51.2 Å². The maximum Gasteiger partial charge on any atom is 0.358 e. The van der Waals surface area contributed by atoms with E-state index in [-0.39, 0.29) is 11.8 Å². The normalized spacial score (nSPS) is 23.3. The van der Waals surface area contributed by atoms with Crippen molar-refractivity contribution < 1.29 is 14.6 Å². The monoisotopic (exact) mass is 310 g/mol. The van der Waals surface area contributed by atoms with Crippen molar-refractivity contribution in [3.63, 3.8) is 0 Å². The van der Waals surface area contributed by atoms with Crippen LogP contribution in [0, 0.1) is 5.92 Å². The lowest BCUT2D eigenvalue weighted by Gasteiger charge is -2.22. The van der Waals surface area contributed by atoms with Crippen LogP contribution in [0.25, 0.3) is 0 Å². The summed E-state index contributed by atoms with van der Waals surface area (Å²) in [5.74, 6) is 2.29. The fraction of sp³-hybridized carbons (Fsp3) is 0.733. The van der Waals surface area contributed by atoms with Crippen LogP contribution >= 0.6 is 11.8 Å². The molecule has 1 aromatic heterocycles. The van der Waals surface area contributed by atoms with Crippen LogP contribution in [-0.4, -0.2) is 38.5 Å². The Bertz CT molecular complexity index is 491. The largest absolute Gasteiger partial charge is 0.486 e. The molecule has 1 aromatic rings. The second-order valence-corrected chi connectivity index (χ2v) is 7.10. The average Bonchev–Trinajstić information content (AvgIpc) is 3.11. The van der Waals surface area contributed by atoms with Crippen molar-refractivity contribution in [1.29, 1.82) is 0 Å². The van der Waals surface area contributed by atoms with E-state index in [0.29, 0.717) is 18.2 Å². The number of carboxylic acid groups (broad SMARTS) is 1. The number of carbonyl (C=O) groups is 1. The highest BCUT2D eigenvalue weighted by atomic mass is 32.2. The number of ether oxygens (including phenoxy) is 1. The molecule has 0 aromatic carbocycles. The second-order valence-electron chi connectivity index (χ2n) is 5.95. The number of aromatic nitrogens is 2. The predicted molar refractivity (Wildman–Crippen MR) is 82.1 cm³/mol. The zero-order valence-electron chi connectivity index (χ0n) is 12.2. The molecule has 0 bridgehead atoms. The lowest BCUT2D eigenvalue weighted by Crippen LogP contribution is -2.22. The van der Waals surface area contributed by atoms with Gasteiger partial charge in [0.05, 0.1) is 12.3 Å². The summed E-state index contributed by atoms with van der Waals surface area (Å²) in [7, 11) is 0. The first-order valence-electron chi connectivity index (χ1n) is 7.77. The first-order chi connectivity index (χ1) is 10.2. The number of rotatable bonds is 5. The summed E-state index contributed by atoms with van der Waals surface area (Å²) in [6, 6.07) is 0. The van der Waals surface area contributed by atoms with Crippen LogP contribution in [0.3, 0.4) is 0 Å². The third-order valence-corrected chi connectivity index (χ3v) is 5.54. The quantitative estimate of drug-likeness (QED) is 0.905. The Kier molecular flexibility index (Phi) is 4.73. The van der Waals surface area contributed by atoms with Gasteiger partial charge in [-0.3, -0.25) is 4.68 Å². The zero-order chi connectivity index (χ0) is 14.7. The molecule has 2 heterocycles. The van der Waals surface area contributed by atoms with Gasteiger partial charge in [0.15, 0.2) is 11.4 Å². The first-order valence-corrected chi connectivity index (χ1v) is 8.93. The summed E-state index contributed by atoms with van der Waals surface area (Å²) in [5.41, 5.74) is 0.220. The minimum absolute atomic E-state index is 0.150. The van der Waals surface area contributed by atoms with Crippen LogP contribution < -0.4 is 4.74 Å². The van der Waals surface area contributed by atoms with E-state index in [9.17, 15) is 9.90 Å². The van der Waals surface area contributed by atoms with Crippen molar-refractivity contribution in [2.75, 3.05) is 11.5 Å². The predicted octanol–water partition coefficient (Wildman–Crippen LogP) is 3.05. The minimum atomic E-state index is -0.941. The van der Waals surface area contributed by atoms with Gasteiger partial charge in [-0.2, -0.15) is 16.9 Å². The summed E-state index contributed by atoms with van der Waals surface area (Å²) in [6.45, 7) is 0.683. The van der Waals surface area contributed by atoms with E-state index in [4.69, 9.17) is 4.74 Å². The summed E-state index contributed by atoms with van der Waals surface area (Å²) in [6.07, 6.45) is 8.50. The SMILES string of the molecule is O=C(O)c1c(OC2CCCCC2)cnn1CC1CCSC1. The highest BCUT2D eigenvalue weighted by Crippen LogP contribution is 2.29. The van der Waals surface area contributed by atoms with Gasteiger partial charge in [0.25, 0.3) is 0 Å². The molecule has 5 nitrogen and oxygen atoms in total. The van der Waals surface area contributed by atoms with Gasteiger partial charge in [0, 0.05) is 6.54 Å². The fourth-order valence-electron chi connectivity index (χ4n) is 3.14. The van der Waals surface area contributed by atoms with E-state index in [1.165, 1.54) is 25.0 Å². The highest BCUT2D eigenvalue weighted by Gasteiger charge is 2.25. The van der Waals surface area contributed by atoms with Crippen LogP contribution in [0.5, 0.6) is 5.75 Å². The van der Waals surface area contributed by atoms with Gasteiger partial charge in [-0.05, 0) is 49.5 Å². The van der Waals surface area contributed by atoms with E-state index >= 15 is 0 Å². The molecule has 0 radical (unpaired) electrons. The molecule has 1 unspecified atom stereocenters. The maximum absolute atomic E-state index is 11.6. The van der Waals surface area contributed by atoms with Crippen molar-refractivity contribution >= 4 is 17.7 Å². The molecule has 1 atom stereocenters. The molecule has 1 aliphatic carbocycles. The average molecular weight is 310 g/mol. The molecule has 1 aliphatic heterocycles. The number of hydrogen-bond acceptors (Lipinski definition) is 4. The second kappa shape index (κ2) is 6.73. The molecule has 0 spiro atoms. The Morgan fingerprint density at radius 1 is 1.38 bits per heavy atom. The fourth-order valence-corrected chi connectivity index (χ4v) is 4.42. The molecule has 1 saturated carbocycles. The molecule has 2 aliphatic rings. The lowest BCUT2D eigenvalue weighted by atomic mass is 9.98. The van der Waals surface area contributed by atoms with Gasteiger partial charge in [-0.15, -0.1) is 0 Å². The molecule has 1 N–H and O–H groups in total. The van der Waals surface area contributed by atoms with Crippen molar-refractivity contribution in [2.24, 2.45) is 5.92 Å². The molecule has 116 valence electrons. The molecule has 1 saturated heterocycles. The van der Waals surface area contributed by atoms with Crippen molar-refractivity contribution in [1.82, 2.24) is 9.78 Å². The van der Waals surface area contributed by atoms with Gasteiger partial charge in [0.1, 0.15) is 0 Å². The third kappa shape index (κ3) is 3.54. The number of aromatic carboxylic acids is 1. The summed E-state index contributed by atoms with van der Waals surface area (Å²) < 4.78 is 7.55. The van der Waals surface area contributed by atoms with Gasteiger partial charge in [0.2, 0.25) is 0 Å². The minimum Gasteiger partial charge on any atom is -0.486 e. The van der Waals surface area contributed by atoms with E-state index in [1.54, 1.807) is 10.9 Å². The topological polar surface area (TPSA) is 64.3 Å². The van der Waals surface area contributed by atoms with E-state index in [1.807, 2.05) is 11.8 Å². The third-order valence-electron chi connectivity index (χ3n) is 4.31. The van der Waals surface area contributed by atoms with Crippen LogP contribution in [0.4, 0.5) is 0 Å². The van der Waals surface area contributed by atoms with Crippen LogP contribution in [0.2, 0.25) is 0 Å². The van der Waals surface area contributed by atoms with Gasteiger partial charge < -0.3 is 9.84 Å². The van der Waals surface area contributed by atoms with Crippen LogP contribution in [-0.2, 0) is 6.54 Å². The lowest BCUT2D eigenvalue weighted by molar-refractivity contribution is 0.0670. The Morgan fingerprint density at radius 3 is 2.86 bits per heavy atom. The highest BCUT2D eigenvalue weighted by molar-refractivity contribution is 7.99. The Labute approximate surface area is 129 Å². The van der Waals surface area contributed by atoms with Crippen molar-refractivity contribution in [3.05, 3.63) is 11.9 Å².